The Balaban J connectivity index is 0.000000304. The third-order valence-electron chi connectivity index (χ3n) is 3.93. The molecule has 0 atom stereocenters. The third kappa shape index (κ3) is 7.40. The molecule has 102 valence electrons. The molecule has 0 spiro atoms. The average Bonchev–Trinajstić information content (AvgIpc) is 2.32. The van der Waals surface area contributed by atoms with Gasteiger partial charge in [-0.25, -0.2) is 0 Å². The second kappa shape index (κ2) is 9.49. The zero-order valence-corrected chi connectivity index (χ0v) is 12.0. The summed E-state index contributed by atoms with van der Waals surface area (Å²) >= 11 is 0. The number of rotatable bonds is 4. The average molecular weight is 242 g/mol. The molecule has 0 aromatic rings. The minimum atomic E-state index is -0.671. The zero-order chi connectivity index (χ0) is 13.3. The van der Waals surface area contributed by atoms with Crippen molar-refractivity contribution in [3.05, 3.63) is 0 Å². The van der Waals surface area contributed by atoms with E-state index in [0.29, 0.717) is 0 Å². The lowest BCUT2D eigenvalue weighted by Gasteiger charge is -2.24. The minimum Gasteiger partial charge on any atom is -0.481 e. The van der Waals surface area contributed by atoms with Crippen LogP contribution in [0.15, 0.2) is 0 Å². The van der Waals surface area contributed by atoms with Crippen LogP contribution in [0.5, 0.6) is 0 Å². The molecule has 0 bridgehead atoms. The molecule has 1 aliphatic carbocycles. The van der Waals surface area contributed by atoms with E-state index in [4.69, 9.17) is 5.11 Å². The Kier molecular flexibility index (Phi) is 9.20. The van der Waals surface area contributed by atoms with Crippen LogP contribution in [0.3, 0.4) is 0 Å². The van der Waals surface area contributed by atoms with E-state index in [1.807, 2.05) is 13.8 Å². The highest BCUT2D eigenvalue weighted by molar-refractivity contribution is 5.69. The summed E-state index contributed by atoms with van der Waals surface area (Å²) in [5.74, 6) is 1.19. The largest absolute Gasteiger partial charge is 0.481 e. The Morgan fingerprint density at radius 3 is 1.76 bits per heavy atom. The maximum atomic E-state index is 10.2. The molecule has 1 saturated carbocycles. The highest BCUT2D eigenvalue weighted by Gasteiger charge is 2.15. The summed E-state index contributed by atoms with van der Waals surface area (Å²) in [5.41, 5.74) is 0. The zero-order valence-electron chi connectivity index (χ0n) is 12.0. The Morgan fingerprint density at radius 2 is 1.59 bits per heavy atom. The Hall–Kier alpha value is -0.530. The number of aliphatic carboxylic acids is 1. The first kappa shape index (κ1) is 16.5. The van der Waals surface area contributed by atoms with E-state index < -0.39 is 5.97 Å². The lowest BCUT2D eigenvalue weighted by atomic mass is 9.82. The van der Waals surface area contributed by atoms with Crippen LogP contribution in [0, 0.1) is 17.8 Å². The summed E-state index contributed by atoms with van der Waals surface area (Å²) in [5, 5.41) is 8.37. The van der Waals surface area contributed by atoms with Gasteiger partial charge in [0.15, 0.2) is 0 Å². The van der Waals surface area contributed by atoms with Gasteiger partial charge < -0.3 is 5.11 Å². The monoisotopic (exact) mass is 242 g/mol. The van der Waals surface area contributed by atoms with Gasteiger partial charge in [-0.2, -0.15) is 0 Å². The molecule has 0 radical (unpaired) electrons. The van der Waals surface area contributed by atoms with Gasteiger partial charge in [-0.15, -0.1) is 0 Å². The van der Waals surface area contributed by atoms with Crippen LogP contribution in [0.2, 0.25) is 0 Å². The van der Waals surface area contributed by atoms with Crippen LogP contribution in [0.25, 0.3) is 0 Å². The topological polar surface area (TPSA) is 37.3 Å². The molecule has 1 fully saturated rings. The van der Waals surface area contributed by atoms with E-state index in [0.717, 1.165) is 24.7 Å². The molecule has 0 saturated heterocycles. The van der Waals surface area contributed by atoms with Crippen LogP contribution in [0.1, 0.15) is 72.6 Å². The molecular formula is C15H30O2. The van der Waals surface area contributed by atoms with Gasteiger partial charge in [-0.05, 0) is 24.7 Å². The molecule has 2 nitrogen and oxygen atoms in total. The van der Waals surface area contributed by atoms with Gasteiger partial charge in [0.2, 0.25) is 0 Å². The van der Waals surface area contributed by atoms with Crippen LogP contribution >= 0.6 is 0 Å². The Labute approximate surface area is 107 Å². The van der Waals surface area contributed by atoms with Crippen molar-refractivity contribution in [2.45, 2.75) is 72.6 Å². The number of carbonyl (C=O) groups is 1. The van der Waals surface area contributed by atoms with Gasteiger partial charge in [-0.1, -0.05) is 59.8 Å². The molecule has 0 unspecified atom stereocenters. The molecule has 1 N–H and O–H groups in total. The first-order valence-corrected chi connectivity index (χ1v) is 7.25. The lowest BCUT2D eigenvalue weighted by molar-refractivity contribution is -0.141. The first-order chi connectivity index (χ1) is 8.02. The van der Waals surface area contributed by atoms with Crippen molar-refractivity contribution < 1.29 is 9.90 Å². The summed E-state index contributed by atoms with van der Waals surface area (Å²) < 4.78 is 0. The van der Waals surface area contributed by atoms with Crippen molar-refractivity contribution in [3.8, 4) is 0 Å². The first-order valence-electron chi connectivity index (χ1n) is 7.25. The van der Waals surface area contributed by atoms with Gasteiger partial charge in [0.25, 0.3) is 0 Å². The number of hydrogen-bond acceptors (Lipinski definition) is 1. The smallest absolute Gasteiger partial charge is 0.306 e. The molecular weight excluding hydrogens is 212 g/mol. The molecule has 0 aromatic heterocycles. The minimum absolute atomic E-state index is 0.130. The number of hydrogen-bond donors (Lipinski definition) is 1. The number of carboxylic acid groups (broad SMARTS) is 1. The van der Waals surface area contributed by atoms with Crippen molar-refractivity contribution in [1.82, 2.24) is 0 Å². The quantitative estimate of drug-likeness (QED) is 0.773. The van der Waals surface area contributed by atoms with Gasteiger partial charge in [-0.3, -0.25) is 4.79 Å². The van der Waals surface area contributed by atoms with Crippen LogP contribution in [-0.4, -0.2) is 11.1 Å². The molecule has 0 heterocycles. The van der Waals surface area contributed by atoms with Crippen molar-refractivity contribution in [1.29, 1.82) is 0 Å². The highest BCUT2D eigenvalue weighted by atomic mass is 16.4. The molecule has 17 heavy (non-hydrogen) atoms. The van der Waals surface area contributed by atoms with Crippen molar-refractivity contribution in [2.24, 2.45) is 17.8 Å². The van der Waals surface area contributed by atoms with Gasteiger partial charge >= 0.3 is 5.97 Å². The molecule has 0 aliphatic heterocycles. The van der Waals surface area contributed by atoms with Crippen molar-refractivity contribution >= 4 is 5.97 Å². The third-order valence-corrected chi connectivity index (χ3v) is 3.93. The maximum absolute atomic E-state index is 10.2. The van der Waals surface area contributed by atoms with Crippen LogP contribution < -0.4 is 0 Å². The van der Waals surface area contributed by atoms with E-state index in [-0.39, 0.29) is 5.92 Å². The van der Waals surface area contributed by atoms with Crippen LogP contribution in [-0.2, 0) is 4.79 Å². The Bertz CT molecular complexity index is 189. The van der Waals surface area contributed by atoms with E-state index in [1.165, 1.54) is 32.1 Å². The second-order valence-electron chi connectivity index (χ2n) is 5.49. The van der Waals surface area contributed by atoms with Crippen molar-refractivity contribution in [2.75, 3.05) is 0 Å². The van der Waals surface area contributed by atoms with E-state index in [9.17, 15) is 4.79 Å². The van der Waals surface area contributed by atoms with Gasteiger partial charge in [0.1, 0.15) is 0 Å². The SMILES string of the molecule is CC(C)C1CCCCC1.CCC(CC)C(=O)O. The standard InChI is InChI=1S/C9H18.C6H12O2/c1-8(2)9-6-4-3-5-7-9;1-3-5(4-2)6(7)8/h8-9H,3-7H2,1-2H3;5H,3-4H2,1-2H3,(H,7,8). The van der Waals surface area contributed by atoms with E-state index in [1.54, 1.807) is 0 Å². The number of carboxylic acids is 1. The van der Waals surface area contributed by atoms with Crippen molar-refractivity contribution in [3.63, 3.8) is 0 Å². The molecule has 2 heteroatoms. The summed E-state index contributed by atoms with van der Waals surface area (Å²) in [6.45, 7) is 8.50. The summed E-state index contributed by atoms with van der Waals surface area (Å²) in [4.78, 5) is 10.2. The molecule has 0 aromatic carbocycles. The highest BCUT2D eigenvalue weighted by Crippen LogP contribution is 2.29. The summed E-state index contributed by atoms with van der Waals surface area (Å²) in [6.07, 6.45) is 8.95. The summed E-state index contributed by atoms with van der Waals surface area (Å²) in [6, 6.07) is 0. The predicted molar refractivity (Wildman–Crippen MR) is 73.1 cm³/mol. The summed E-state index contributed by atoms with van der Waals surface area (Å²) in [7, 11) is 0. The van der Waals surface area contributed by atoms with E-state index in [2.05, 4.69) is 13.8 Å². The Morgan fingerprint density at radius 1 is 1.12 bits per heavy atom. The molecule has 0 amide bonds. The maximum Gasteiger partial charge on any atom is 0.306 e. The molecule has 1 aliphatic rings. The fraction of sp³-hybridized carbons (Fsp3) is 0.933. The fourth-order valence-corrected chi connectivity index (χ4v) is 2.44. The van der Waals surface area contributed by atoms with Gasteiger partial charge in [0.05, 0.1) is 5.92 Å². The second-order valence-corrected chi connectivity index (χ2v) is 5.49. The van der Waals surface area contributed by atoms with Gasteiger partial charge in [0, 0.05) is 0 Å². The predicted octanol–water partition coefficient (Wildman–Crippen LogP) is 4.73. The normalized spacial score (nSPS) is 16.8. The lowest BCUT2D eigenvalue weighted by Crippen LogP contribution is -2.12. The van der Waals surface area contributed by atoms with E-state index >= 15 is 0 Å². The fourth-order valence-electron chi connectivity index (χ4n) is 2.44. The molecule has 1 rings (SSSR count). The van der Waals surface area contributed by atoms with Crippen LogP contribution in [0.4, 0.5) is 0 Å².